The first kappa shape index (κ1) is 14.5. The molecule has 1 saturated carbocycles. The highest BCUT2D eigenvalue weighted by atomic mass is 79.9. The Morgan fingerprint density at radius 3 is 2.84 bits per heavy atom. The standard InChI is InChI=1S/C13H21BrN4O/c1-17(2)7-6-15-12-11(14)8-16-18(13(12)19)9-10-4-3-5-10/h8,10,15H,3-7,9H2,1-2H3. The number of hydrogen-bond donors (Lipinski definition) is 1. The summed E-state index contributed by atoms with van der Waals surface area (Å²) in [4.78, 5) is 14.4. The molecule has 0 saturated heterocycles. The molecule has 2 rings (SSSR count). The number of rotatable bonds is 6. The minimum Gasteiger partial charge on any atom is -0.378 e. The quantitative estimate of drug-likeness (QED) is 0.864. The van der Waals surface area contributed by atoms with Crippen molar-refractivity contribution in [2.45, 2.75) is 25.8 Å². The molecule has 0 bridgehead atoms. The molecule has 106 valence electrons. The Hall–Kier alpha value is -0.880. The third kappa shape index (κ3) is 3.79. The zero-order valence-corrected chi connectivity index (χ0v) is 13.1. The van der Waals surface area contributed by atoms with E-state index in [1.54, 1.807) is 10.9 Å². The van der Waals surface area contributed by atoms with Crippen molar-refractivity contribution in [2.24, 2.45) is 5.92 Å². The van der Waals surface area contributed by atoms with E-state index in [4.69, 9.17) is 0 Å². The number of nitrogens with one attached hydrogen (secondary N) is 1. The maximum absolute atomic E-state index is 12.3. The highest BCUT2D eigenvalue weighted by Crippen LogP contribution is 2.27. The Labute approximate surface area is 122 Å². The van der Waals surface area contributed by atoms with E-state index in [-0.39, 0.29) is 5.56 Å². The van der Waals surface area contributed by atoms with Gasteiger partial charge in [0.1, 0.15) is 5.69 Å². The maximum Gasteiger partial charge on any atom is 0.291 e. The lowest BCUT2D eigenvalue weighted by atomic mass is 9.85. The molecule has 1 aromatic rings. The van der Waals surface area contributed by atoms with Gasteiger partial charge in [-0.25, -0.2) is 4.68 Å². The van der Waals surface area contributed by atoms with E-state index < -0.39 is 0 Å². The van der Waals surface area contributed by atoms with Gasteiger partial charge in [0, 0.05) is 19.6 Å². The summed E-state index contributed by atoms with van der Waals surface area (Å²) in [7, 11) is 4.02. The molecular weight excluding hydrogens is 308 g/mol. The first-order valence-corrected chi connectivity index (χ1v) is 7.51. The van der Waals surface area contributed by atoms with Gasteiger partial charge in [-0.2, -0.15) is 5.10 Å². The van der Waals surface area contributed by atoms with Gasteiger partial charge in [0.15, 0.2) is 0 Å². The fourth-order valence-corrected chi connectivity index (χ4v) is 2.48. The van der Waals surface area contributed by atoms with Crippen molar-refractivity contribution in [3.05, 3.63) is 21.0 Å². The van der Waals surface area contributed by atoms with Crippen LogP contribution in [0.3, 0.4) is 0 Å². The predicted octanol–water partition coefficient (Wildman–Crippen LogP) is 1.78. The smallest absolute Gasteiger partial charge is 0.291 e. The molecule has 0 aromatic carbocycles. The van der Waals surface area contributed by atoms with Gasteiger partial charge in [0.05, 0.1) is 10.7 Å². The molecule has 6 heteroatoms. The molecule has 0 radical (unpaired) electrons. The molecule has 0 aliphatic heterocycles. The van der Waals surface area contributed by atoms with Crippen LogP contribution in [0.5, 0.6) is 0 Å². The molecule has 1 fully saturated rings. The molecule has 5 nitrogen and oxygen atoms in total. The van der Waals surface area contributed by atoms with E-state index in [1.165, 1.54) is 19.3 Å². The second-order valence-corrected chi connectivity index (χ2v) is 6.24. The summed E-state index contributed by atoms with van der Waals surface area (Å²) < 4.78 is 2.33. The normalized spacial score (nSPS) is 15.6. The topological polar surface area (TPSA) is 50.2 Å². The summed E-state index contributed by atoms with van der Waals surface area (Å²) >= 11 is 3.39. The fraction of sp³-hybridized carbons (Fsp3) is 0.692. The van der Waals surface area contributed by atoms with Gasteiger partial charge in [-0.3, -0.25) is 4.79 Å². The third-order valence-electron chi connectivity index (χ3n) is 3.51. The maximum atomic E-state index is 12.3. The molecular formula is C13H21BrN4O. The van der Waals surface area contributed by atoms with Crippen LogP contribution in [0.4, 0.5) is 5.69 Å². The van der Waals surface area contributed by atoms with Crippen molar-refractivity contribution in [3.63, 3.8) is 0 Å². The lowest BCUT2D eigenvalue weighted by Gasteiger charge is -2.25. The largest absolute Gasteiger partial charge is 0.378 e. The van der Waals surface area contributed by atoms with Gasteiger partial charge in [0.25, 0.3) is 5.56 Å². The molecule has 19 heavy (non-hydrogen) atoms. The molecule has 0 unspecified atom stereocenters. The van der Waals surface area contributed by atoms with Crippen molar-refractivity contribution in [3.8, 4) is 0 Å². The van der Waals surface area contributed by atoms with Crippen LogP contribution < -0.4 is 10.9 Å². The van der Waals surface area contributed by atoms with Crippen molar-refractivity contribution >= 4 is 21.6 Å². The molecule has 1 aliphatic rings. The molecule has 1 heterocycles. The van der Waals surface area contributed by atoms with Crippen molar-refractivity contribution < 1.29 is 0 Å². The van der Waals surface area contributed by atoms with Crippen molar-refractivity contribution in [1.82, 2.24) is 14.7 Å². The summed E-state index contributed by atoms with van der Waals surface area (Å²) in [6, 6.07) is 0. The first-order valence-electron chi connectivity index (χ1n) is 6.72. The lowest BCUT2D eigenvalue weighted by molar-refractivity contribution is 0.262. The van der Waals surface area contributed by atoms with Gasteiger partial charge in [-0.05, 0) is 48.8 Å². The molecule has 0 amide bonds. The highest BCUT2D eigenvalue weighted by molar-refractivity contribution is 9.10. The minimum absolute atomic E-state index is 0.0277. The van der Waals surface area contributed by atoms with Crippen molar-refractivity contribution in [2.75, 3.05) is 32.5 Å². The number of aromatic nitrogens is 2. The number of nitrogens with zero attached hydrogens (tertiary/aromatic N) is 3. The van der Waals surface area contributed by atoms with Crippen LogP contribution in [0, 0.1) is 5.92 Å². The Bertz CT molecular complexity index is 482. The van der Waals surface area contributed by atoms with E-state index in [0.29, 0.717) is 11.6 Å². The van der Waals surface area contributed by atoms with Crippen molar-refractivity contribution in [1.29, 1.82) is 0 Å². The predicted molar refractivity (Wildman–Crippen MR) is 80.6 cm³/mol. The Morgan fingerprint density at radius 2 is 2.26 bits per heavy atom. The number of anilines is 1. The zero-order chi connectivity index (χ0) is 13.8. The molecule has 1 N–H and O–H groups in total. The van der Waals surface area contributed by atoms with Crippen LogP contribution in [0.25, 0.3) is 0 Å². The van der Waals surface area contributed by atoms with E-state index in [0.717, 1.165) is 24.1 Å². The fourth-order valence-electron chi connectivity index (χ4n) is 2.08. The monoisotopic (exact) mass is 328 g/mol. The summed E-state index contributed by atoms with van der Waals surface area (Å²) in [5, 5.41) is 7.41. The third-order valence-corrected chi connectivity index (χ3v) is 4.12. The SMILES string of the molecule is CN(C)CCNc1c(Br)cnn(CC2CCC2)c1=O. The average molecular weight is 329 g/mol. The molecule has 0 atom stereocenters. The minimum atomic E-state index is -0.0277. The molecule has 1 aromatic heterocycles. The van der Waals surface area contributed by atoms with Gasteiger partial charge in [-0.15, -0.1) is 0 Å². The van der Waals surface area contributed by atoms with Crippen LogP contribution in [-0.2, 0) is 6.54 Å². The van der Waals surface area contributed by atoms with E-state index >= 15 is 0 Å². The highest BCUT2D eigenvalue weighted by Gasteiger charge is 2.20. The van der Waals surface area contributed by atoms with E-state index in [1.807, 2.05) is 14.1 Å². The number of likely N-dealkylation sites (N-methyl/N-ethyl adjacent to an activating group) is 1. The summed E-state index contributed by atoms with van der Waals surface area (Å²) in [5.41, 5.74) is 0.594. The second kappa shape index (κ2) is 6.52. The van der Waals surface area contributed by atoms with Crippen LogP contribution in [-0.4, -0.2) is 41.9 Å². The number of halogens is 1. The van der Waals surface area contributed by atoms with Crippen LogP contribution in [0.1, 0.15) is 19.3 Å². The summed E-state index contributed by atoms with van der Waals surface area (Å²) in [6.45, 7) is 2.37. The Balaban J connectivity index is 2.07. The summed E-state index contributed by atoms with van der Waals surface area (Å²) in [5.74, 6) is 0.626. The molecule has 1 aliphatic carbocycles. The zero-order valence-electron chi connectivity index (χ0n) is 11.5. The lowest BCUT2D eigenvalue weighted by Crippen LogP contribution is -2.32. The van der Waals surface area contributed by atoms with Crippen LogP contribution >= 0.6 is 15.9 Å². The van der Waals surface area contributed by atoms with E-state index in [9.17, 15) is 4.79 Å². The first-order chi connectivity index (χ1) is 9.08. The second-order valence-electron chi connectivity index (χ2n) is 5.38. The molecule has 0 spiro atoms. The van der Waals surface area contributed by atoms with Crippen LogP contribution in [0.15, 0.2) is 15.5 Å². The van der Waals surface area contributed by atoms with Gasteiger partial charge in [-0.1, -0.05) is 6.42 Å². The average Bonchev–Trinajstić information content (AvgIpc) is 2.30. The van der Waals surface area contributed by atoms with Gasteiger partial charge in [0.2, 0.25) is 0 Å². The number of hydrogen-bond acceptors (Lipinski definition) is 4. The van der Waals surface area contributed by atoms with Gasteiger partial charge >= 0.3 is 0 Å². The Morgan fingerprint density at radius 1 is 1.53 bits per heavy atom. The summed E-state index contributed by atoms with van der Waals surface area (Å²) in [6.07, 6.45) is 5.42. The van der Waals surface area contributed by atoms with Crippen LogP contribution in [0.2, 0.25) is 0 Å². The Kier molecular flexibility index (Phi) is 4.99. The van der Waals surface area contributed by atoms with Gasteiger partial charge < -0.3 is 10.2 Å². The van der Waals surface area contributed by atoms with E-state index in [2.05, 4.69) is 31.2 Å².